The molecule has 0 spiro atoms. The molecule has 0 saturated heterocycles. The summed E-state index contributed by atoms with van der Waals surface area (Å²) in [4.78, 5) is 10.6. The van der Waals surface area contributed by atoms with E-state index in [1.54, 1.807) is 0 Å². The predicted molar refractivity (Wildman–Crippen MR) is 55.2 cm³/mol. The predicted octanol–water partition coefficient (Wildman–Crippen LogP) is 1.67. The highest BCUT2D eigenvalue weighted by molar-refractivity contribution is 7.81. The zero-order valence-corrected chi connectivity index (χ0v) is 9.02. The van der Waals surface area contributed by atoms with Crippen molar-refractivity contribution in [3.05, 3.63) is 0 Å². The summed E-state index contributed by atoms with van der Waals surface area (Å²) in [5, 5.41) is 0. The van der Waals surface area contributed by atoms with Gasteiger partial charge < -0.3 is 9.47 Å². The summed E-state index contributed by atoms with van der Waals surface area (Å²) in [7, 11) is 0. The van der Waals surface area contributed by atoms with Crippen LogP contribution in [0.4, 0.5) is 0 Å². The minimum atomic E-state index is -0.267. The molecule has 0 aromatic carbocycles. The number of ether oxygens (including phenoxy) is 2. The maximum Gasteiger partial charge on any atom is 0.315 e. The molecule has 4 heteroatoms. The van der Waals surface area contributed by atoms with E-state index in [1.807, 2.05) is 0 Å². The first-order valence-corrected chi connectivity index (χ1v) is 5.28. The second-order valence-electron chi connectivity index (χ2n) is 2.70. The summed E-state index contributed by atoms with van der Waals surface area (Å²) in [6.07, 6.45) is 3.01. The SMILES string of the molecule is CCCCOCCCOC(=O)CS. The van der Waals surface area contributed by atoms with Gasteiger partial charge in [0.1, 0.15) is 0 Å². The Hall–Kier alpha value is -0.220. The Balaban J connectivity index is 2.95. The molecule has 0 aromatic heterocycles. The van der Waals surface area contributed by atoms with E-state index < -0.39 is 0 Å². The number of unbranched alkanes of at least 4 members (excludes halogenated alkanes) is 1. The van der Waals surface area contributed by atoms with Crippen LogP contribution in [0.25, 0.3) is 0 Å². The first-order chi connectivity index (χ1) is 6.31. The molecule has 0 aliphatic heterocycles. The average Bonchev–Trinajstić information content (AvgIpc) is 2.16. The van der Waals surface area contributed by atoms with Gasteiger partial charge in [-0.2, -0.15) is 12.6 Å². The molecule has 3 nitrogen and oxygen atoms in total. The van der Waals surface area contributed by atoms with Gasteiger partial charge in [0.05, 0.1) is 12.4 Å². The van der Waals surface area contributed by atoms with Crippen molar-refractivity contribution in [3.8, 4) is 0 Å². The number of carbonyl (C=O) groups is 1. The van der Waals surface area contributed by atoms with Crippen molar-refractivity contribution in [2.45, 2.75) is 26.2 Å². The smallest absolute Gasteiger partial charge is 0.315 e. The number of hydrogen-bond acceptors (Lipinski definition) is 4. The molecule has 78 valence electrons. The molecule has 0 unspecified atom stereocenters. The Morgan fingerprint density at radius 1 is 1.23 bits per heavy atom. The molecule has 0 aliphatic carbocycles. The molecule has 0 fully saturated rings. The van der Waals surface area contributed by atoms with Gasteiger partial charge in [0, 0.05) is 19.6 Å². The van der Waals surface area contributed by atoms with Gasteiger partial charge in [-0.1, -0.05) is 13.3 Å². The molecule has 0 N–H and O–H groups in total. The third-order valence-electron chi connectivity index (χ3n) is 1.47. The number of rotatable bonds is 8. The fraction of sp³-hybridized carbons (Fsp3) is 0.889. The van der Waals surface area contributed by atoms with Crippen molar-refractivity contribution in [1.82, 2.24) is 0 Å². The van der Waals surface area contributed by atoms with E-state index in [4.69, 9.17) is 9.47 Å². The highest BCUT2D eigenvalue weighted by atomic mass is 32.1. The van der Waals surface area contributed by atoms with E-state index in [-0.39, 0.29) is 11.7 Å². The van der Waals surface area contributed by atoms with Crippen molar-refractivity contribution in [2.24, 2.45) is 0 Å². The monoisotopic (exact) mass is 206 g/mol. The summed E-state index contributed by atoms with van der Waals surface area (Å²) in [5.41, 5.74) is 0. The van der Waals surface area contributed by atoms with Gasteiger partial charge in [-0.05, 0) is 6.42 Å². The van der Waals surface area contributed by atoms with Crippen molar-refractivity contribution in [2.75, 3.05) is 25.6 Å². The Morgan fingerprint density at radius 3 is 2.54 bits per heavy atom. The van der Waals surface area contributed by atoms with Gasteiger partial charge in [0.15, 0.2) is 0 Å². The Bertz CT molecular complexity index is 128. The Morgan fingerprint density at radius 2 is 1.92 bits per heavy atom. The van der Waals surface area contributed by atoms with Gasteiger partial charge in [-0.15, -0.1) is 0 Å². The lowest BCUT2D eigenvalue weighted by Crippen LogP contribution is -2.09. The zero-order chi connectivity index (χ0) is 9.94. The van der Waals surface area contributed by atoms with Crippen molar-refractivity contribution >= 4 is 18.6 Å². The first-order valence-electron chi connectivity index (χ1n) is 4.65. The van der Waals surface area contributed by atoms with Crippen LogP contribution >= 0.6 is 12.6 Å². The lowest BCUT2D eigenvalue weighted by Gasteiger charge is -2.03. The van der Waals surface area contributed by atoms with E-state index in [2.05, 4.69) is 19.6 Å². The normalized spacial score (nSPS) is 10.0. The molecule has 0 bridgehead atoms. The first kappa shape index (κ1) is 12.8. The number of esters is 1. The molecule has 0 heterocycles. The molecular formula is C9H18O3S. The van der Waals surface area contributed by atoms with Gasteiger partial charge in [0.2, 0.25) is 0 Å². The second-order valence-corrected chi connectivity index (χ2v) is 3.01. The van der Waals surface area contributed by atoms with Crippen molar-refractivity contribution in [1.29, 1.82) is 0 Å². The molecule has 13 heavy (non-hydrogen) atoms. The molecule has 0 saturated carbocycles. The van der Waals surface area contributed by atoms with Crippen molar-refractivity contribution < 1.29 is 14.3 Å². The third kappa shape index (κ3) is 9.70. The number of carbonyl (C=O) groups excluding carboxylic acids is 1. The molecule has 0 rings (SSSR count). The Labute approximate surface area is 85.2 Å². The summed E-state index contributed by atoms with van der Waals surface area (Å²) in [5.74, 6) is -0.117. The van der Waals surface area contributed by atoms with E-state index >= 15 is 0 Å². The largest absolute Gasteiger partial charge is 0.465 e. The van der Waals surface area contributed by atoms with E-state index in [0.717, 1.165) is 25.9 Å². The highest BCUT2D eigenvalue weighted by Gasteiger charge is 1.97. The minimum absolute atomic E-state index is 0.149. The van der Waals surface area contributed by atoms with Crippen LogP contribution in [0.3, 0.4) is 0 Å². The highest BCUT2D eigenvalue weighted by Crippen LogP contribution is 1.91. The van der Waals surface area contributed by atoms with Gasteiger partial charge in [0.25, 0.3) is 0 Å². The molecule has 0 amide bonds. The van der Waals surface area contributed by atoms with Crippen LogP contribution in [0.15, 0.2) is 0 Å². The average molecular weight is 206 g/mol. The van der Waals surface area contributed by atoms with Crippen LogP contribution in [-0.2, 0) is 14.3 Å². The molecule has 0 atom stereocenters. The Kier molecular flexibility index (Phi) is 9.70. The molecule has 0 aromatic rings. The minimum Gasteiger partial charge on any atom is -0.465 e. The number of hydrogen-bond donors (Lipinski definition) is 1. The van der Waals surface area contributed by atoms with Gasteiger partial charge in [-0.3, -0.25) is 4.79 Å². The summed E-state index contributed by atoms with van der Waals surface area (Å²) < 4.78 is 10.1. The van der Waals surface area contributed by atoms with E-state index in [0.29, 0.717) is 13.2 Å². The summed E-state index contributed by atoms with van der Waals surface area (Å²) in [6, 6.07) is 0. The van der Waals surface area contributed by atoms with Crippen LogP contribution in [0.5, 0.6) is 0 Å². The van der Waals surface area contributed by atoms with Crippen LogP contribution in [0, 0.1) is 0 Å². The second kappa shape index (κ2) is 9.86. The third-order valence-corrected chi connectivity index (χ3v) is 1.73. The summed E-state index contributed by atoms with van der Waals surface area (Å²) in [6.45, 7) is 4.03. The van der Waals surface area contributed by atoms with Gasteiger partial charge >= 0.3 is 5.97 Å². The standard InChI is InChI=1S/C9H18O3S/c1-2-3-5-11-6-4-7-12-9(10)8-13/h13H,2-8H2,1H3. The molecule has 0 aliphatic rings. The maximum atomic E-state index is 10.6. The fourth-order valence-corrected chi connectivity index (χ4v) is 0.832. The molecule has 0 radical (unpaired) electrons. The van der Waals surface area contributed by atoms with Crippen LogP contribution in [0.1, 0.15) is 26.2 Å². The van der Waals surface area contributed by atoms with Gasteiger partial charge in [-0.25, -0.2) is 0 Å². The fourth-order valence-electron chi connectivity index (χ4n) is 0.741. The van der Waals surface area contributed by atoms with Crippen LogP contribution in [0.2, 0.25) is 0 Å². The lowest BCUT2D eigenvalue weighted by molar-refractivity contribution is -0.140. The lowest BCUT2D eigenvalue weighted by atomic mass is 10.4. The summed E-state index contributed by atoms with van der Waals surface area (Å²) >= 11 is 3.78. The molecular weight excluding hydrogens is 188 g/mol. The van der Waals surface area contributed by atoms with Crippen LogP contribution in [-0.4, -0.2) is 31.5 Å². The van der Waals surface area contributed by atoms with Crippen LogP contribution < -0.4 is 0 Å². The van der Waals surface area contributed by atoms with Crippen molar-refractivity contribution in [3.63, 3.8) is 0 Å². The quantitative estimate of drug-likeness (QED) is 0.373. The number of thiol groups is 1. The maximum absolute atomic E-state index is 10.6. The van der Waals surface area contributed by atoms with E-state index in [1.165, 1.54) is 0 Å². The topological polar surface area (TPSA) is 35.5 Å². The zero-order valence-electron chi connectivity index (χ0n) is 8.12. The van der Waals surface area contributed by atoms with E-state index in [9.17, 15) is 4.79 Å².